The highest BCUT2D eigenvalue weighted by Crippen LogP contribution is 2.24. The van der Waals surface area contributed by atoms with Crippen LogP contribution < -0.4 is 5.32 Å². The van der Waals surface area contributed by atoms with E-state index in [9.17, 15) is 14.9 Å². The molecule has 1 fully saturated rings. The average Bonchev–Trinajstić information content (AvgIpc) is 3.19. The number of non-ortho nitro benzene ring substituents is 1. The summed E-state index contributed by atoms with van der Waals surface area (Å²) in [5, 5.41) is 21.9. The largest absolute Gasteiger partial charge is 0.379 e. The number of morpholine rings is 1. The predicted molar refractivity (Wildman–Crippen MR) is 112 cm³/mol. The Morgan fingerprint density at radius 1 is 1.27 bits per heavy atom. The van der Waals surface area contributed by atoms with E-state index in [0.29, 0.717) is 35.7 Å². The number of amides is 1. The van der Waals surface area contributed by atoms with Gasteiger partial charge >= 0.3 is 0 Å². The van der Waals surface area contributed by atoms with Gasteiger partial charge in [0.15, 0.2) is 5.69 Å². The van der Waals surface area contributed by atoms with Gasteiger partial charge in [0.05, 0.1) is 29.7 Å². The summed E-state index contributed by atoms with van der Waals surface area (Å²) in [6, 6.07) is 11.8. The fourth-order valence-electron chi connectivity index (χ4n) is 3.59. The molecule has 1 saturated heterocycles. The molecule has 1 amide bonds. The molecule has 2 aromatic carbocycles. The second-order valence-corrected chi connectivity index (χ2v) is 7.42. The highest BCUT2D eigenvalue weighted by atomic mass is 35.5. The molecular formula is C20H20ClN5O4. The van der Waals surface area contributed by atoms with Crippen LogP contribution in [0.15, 0.2) is 42.5 Å². The molecule has 0 saturated carbocycles. The Kier molecular flexibility index (Phi) is 5.93. The Labute approximate surface area is 177 Å². The molecule has 0 spiro atoms. The molecule has 156 valence electrons. The molecule has 30 heavy (non-hydrogen) atoms. The van der Waals surface area contributed by atoms with Gasteiger partial charge in [-0.05, 0) is 23.8 Å². The van der Waals surface area contributed by atoms with Crippen LogP contribution in [0.1, 0.15) is 22.1 Å². The van der Waals surface area contributed by atoms with Crippen molar-refractivity contribution in [2.24, 2.45) is 0 Å². The highest BCUT2D eigenvalue weighted by Gasteiger charge is 2.24. The smallest absolute Gasteiger partial charge is 0.272 e. The fraction of sp³-hybridized carbons (Fsp3) is 0.300. The molecule has 1 aromatic heterocycles. The lowest BCUT2D eigenvalue weighted by Crippen LogP contribution is -2.43. The van der Waals surface area contributed by atoms with Crippen LogP contribution in [0, 0.1) is 10.1 Å². The number of H-pyrrole nitrogens is 1. The molecule has 1 aliphatic heterocycles. The van der Waals surface area contributed by atoms with Crippen molar-refractivity contribution < 1.29 is 14.5 Å². The van der Waals surface area contributed by atoms with Gasteiger partial charge in [0, 0.05) is 42.2 Å². The van der Waals surface area contributed by atoms with Gasteiger partial charge in [-0.1, -0.05) is 23.7 Å². The predicted octanol–water partition coefficient (Wildman–Crippen LogP) is 2.93. The van der Waals surface area contributed by atoms with E-state index >= 15 is 0 Å². The zero-order valence-corrected chi connectivity index (χ0v) is 16.8. The van der Waals surface area contributed by atoms with Gasteiger partial charge in [-0.2, -0.15) is 5.10 Å². The van der Waals surface area contributed by atoms with Crippen molar-refractivity contribution in [3.8, 4) is 0 Å². The van der Waals surface area contributed by atoms with Crippen molar-refractivity contribution in [2.45, 2.75) is 6.04 Å². The number of nitro benzene ring substituents is 1. The number of fused-ring (bicyclic) bond motifs is 1. The molecule has 2 heterocycles. The number of nitrogens with one attached hydrogen (secondary N) is 2. The molecule has 2 N–H and O–H groups in total. The number of rotatable bonds is 6. The van der Waals surface area contributed by atoms with Crippen molar-refractivity contribution in [3.05, 3.63) is 68.9 Å². The minimum Gasteiger partial charge on any atom is -0.379 e. The van der Waals surface area contributed by atoms with Gasteiger partial charge in [0.1, 0.15) is 0 Å². The van der Waals surface area contributed by atoms with Gasteiger partial charge in [-0.25, -0.2) is 0 Å². The third-order valence-electron chi connectivity index (χ3n) is 5.17. The Balaban J connectivity index is 1.55. The van der Waals surface area contributed by atoms with Crippen molar-refractivity contribution in [1.29, 1.82) is 0 Å². The molecule has 0 aliphatic carbocycles. The molecule has 0 radical (unpaired) electrons. The van der Waals surface area contributed by atoms with Gasteiger partial charge in [0.25, 0.3) is 11.6 Å². The third kappa shape index (κ3) is 4.28. The third-order valence-corrected chi connectivity index (χ3v) is 5.42. The van der Waals surface area contributed by atoms with Crippen LogP contribution in [0.3, 0.4) is 0 Å². The van der Waals surface area contributed by atoms with Crippen LogP contribution in [0.25, 0.3) is 10.9 Å². The molecule has 4 rings (SSSR count). The first kappa shape index (κ1) is 20.3. The summed E-state index contributed by atoms with van der Waals surface area (Å²) in [5.41, 5.74) is 1.63. The maximum absolute atomic E-state index is 12.8. The molecule has 10 heteroatoms. The number of aromatic amines is 1. The standard InChI is InChI=1S/C20H20ClN5O4/c21-14-3-1-13(2-4-14)18(25-7-9-30-10-8-25)12-22-20(27)19-16-11-15(26(28)29)5-6-17(16)23-24-19/h1-6,11,18H,7-10,12H2,(H,22,27)(H,23,24). The first-order valence-electron chi connectivity index (χ1n) is 9.51. The van der Waals surface area contributed by atoms with E-state index in [1.807, 2.05) is 24.3 Å². The quantitative estimate of drug-likeness (QED) is 0.460. The lowest BCUT2D eigenvalue weighted by Gasteiger charge is -2.34. The van der Waals surface area contributed by atoms with E-state index in [1.165, 1.54) is 12.1 Å². The second kappa shape index (κ2) is 8.78. The molecule has 1 atom stereocenters. The number of nitrogens with zero attached hydrogens (tertiary/aromatic N) is 3. The molecule has 1 aliphatic rings. The van der Waals surface area contributed by atoms with Crippen molar-refractivity contribution in [2.75, 3.05) is 32.8 Å². The Hall–Kier alpha value is -3.01. The molecular weight excluding hydrogens is 410 g/mol. The van der Waals surface area contributed by atoms with E-state index in [4.69, 9.17) is 16.3 Å². The zero-order chi connectivity index (χ0) is 21.1. The fourth-order valence-corrected chi connectivity index (χ4v) is 3.72. The summed E-state index contributed by atoms with van der Waals surface area (Å²) in [5.74, 6) is -0.394. The summed E-state index contributed by atoms with van der Waals surface area (Å²) in [4.78, 5) is 25.7. The molecule has 9 nitrogen and oxygen atoms in total. The maximum atomic E-state index is 12.8. The Bertz CT molecular complexity index is 1060. The number of aromatic nitrogens is 2. The summed E-state index contributed by atoms with van der Waals surface area (Å²) >= 11 is 6.02. The number of benzene rings is 2. The van der Waals surface area contributed by atoms with Gasteiger partial charge < -0.3 is 10.1 Å². The maximum Gasteiger partial charge on any atom is 0.272 e. The number of nitro groups is 1. The number of halogens is 1. The minimum absolute atomic E-state index is 0.0605. The van der Waals surface area contributed by atoms with Gasteiger partial charge in [-0.3, -0.25) is 24.9 Å². The number of hydrogen-bond acceptors (Lipinski definition) is 6. The number of ether oxygens (including phenoxy) is 1. The molecule has 1 unspecified atom stereocenters. The minimum atomic E-state index is -0.497. The normalized spacial score (nSPS) is 15.8. The topological polar surface area (TPSA) is 113 Å². The lowest BCUT2D eigenvalue weighted by molar-refractivity contribution is -0.384. The number of carbonyl (C=O) groups is 1. The van der Waals surface area contributed by atoms with Crippen LogP contribution in [-0.2, 0) is 4.74 Å². The SMILES string of the molecule is O=C(NCC(c1ccc(Cl)cc1)N1CCOCC1)c1n[nH]c2ccc([N+](=O)[O-])cc12. The summed E-state index contributed by atoms with van der Waals surface area (Å²) in [7, 11) is 0. The van der Waals surface area contributed by atoms with Crippen LogP contribution >= 0.6 is 11.6 Å². The summed E-state index contributed by atoms with van der Waals surface area (Å²) in [6.07, 6.45) is 0. The van der Waals surface area contributed by atoms with Gasteiger partial charge in [0.2, 0.25) is 0 Å². The van der Waals surface area contributed by atoms with Crippen LogP contribution in [0.5, 0.6) is 0 Å². The summed E-state index contributed by atoms with van der Waals surface area (Å²) in [6.45, 7) is 3.11. The number of hydrogen-bond donors (Lipinski definition) is 2. The monoisotopic (exact) mass is 429 g/mol. The van der Waals surface area contributed by atoms with E-state index in [0.717, 1.165) is 18.7 Å². The van der Waals surface area contributed by atoms with Crippen molar-refractivity contribution >= 4 is 34.1 Å². The average molecular weight is 430 g/mol. The highest BCUT2D eigenvalue weighted by molar-refractivity contribution is 6.30. The number of carbonyl (C=O) groups excluding carboxylic acids is 1. The van der Waals surface area contributed by atoms with E-state index in [2.05, 4.69) is 20.4 Å². The van der Waals surface area contributed by atoms with E-state index in [1.54, 1.807) is 6.07 Å². The second-order valence-electron chi connectivity index (χ2n) is 6.98. The first-order valence-corrected chi connectivity index (χ1v) is 9.88. The molecule has 3 aromatic rings. The van der Waals surface area contributed by atoms with Crippen molar-refractivity contribution in [3.63, 3.8) is 0 Å². The van der Waals surface area contributed by atoms with E-state index < -0.39 is 10.8 Å². The first-order chi connectivity index (χ1) is 14.5. The van der Waals surface area contributed by atoms with Crippen LogP contribution in [-0.4, -0.2) is 58.8 Å². The van der Waals surface area contributed by atoms with Crippen LogP contribution in [0.4, 0.5) is 5.69 Å². The van der Waals surface area contributed by atoms with Gasteiger partial charge in [-0.15, -0.1) is 0 Å². The Morgan fingerprint density at radius 2 is 2.00 bits per heavy atom. The Morgan fingerprint density at radius 3 is 2.70 bits per heavy atom. The molecule has 0 bridgehead atoms. The van der Waals surface area contributed by atoms with E-state index in [-0.39, 0.29) is 17.4 Å². The lowest BCUT2D eigenvalue weighted by atomic mass is 10.0. The van der Waals surface area contributed by atoms with Crippen LogP contribution in [0.2, 0.25) is 5.02 Å². The van der Waals surface area contributed by atoms with Crippen molar-refractivity contribution in [1.82, 2.24) is 20.4 Å². The zero-order valence-electron chi connectivity index (χ0n) is 16.0. The summed E-state index contributed by atoms with van der Waals surface area (Å²) < 4.78 is 5.45.